The van der Waals surface area contributed by atoms with Gasteiger partial charge in [-0.15, -0.1) is 11.3 Å². The molecule has 1 aromatic carbocycles. The van der Waals surface area contributed by atoms with Crippen LogP contribution in [0.3, 0.4) is 0 Å². The fraction of sp³-hybridized carbons (Fsp3) is 0.167. The fourth-order valence-corrected chi connectivity index (χ4v) is 2.59. The van der Waals surface area contributed by atoms with E-state index in [4.69, 9.17) is 10.5 Å². The van der Waals surface area contributed by atoms with E-state index < -0.39 is 0 Å². The van der Waals surface area contributed by atoms with Crippen molar-refractivity contribution in [2.24, 2.45) is 0 Å². The third kappa shape index (κ3) is 2.92. The summed E-state index contributed by atoms with van der Waals surface area (Å²) in [5, 5.41) is 5.31. The predicted octanol–water partition coefficient (Wildman–Crippen LogP) is 3.71. The van der Waals surface area contributed by atoms with Crippen LogP contribution in [0.25, 0.3) is 0 Å². The Balaban J connectivity index is 2.07. The zero-order valence-electron chi connectivity index (χ0n) is 9.37. The van der Waals surface area contributed by atoms with Gasteiger partial charge < -0.3 is 15.8 Å². The number of nitrogens with two attached hydrogens (primary N) is 1. The number of methoxy groups -OCH3 is 1. The Morgan fingerprint density at radius 1 is 1.41 bits per heavy atom. The molecule has 1 heterocycles. The van der Waals surface area contributed by atoms with Crippen molar-refractivity contribution in [3.05, 3.63) is 39.0 Å². The normalized spacial score (nSPS) is 10.2. The molecule has 0 saturated heterocycles. The summed E-state index contributed by atoms with van der Waals surface area (Å²) in [4.78, 5) is 1.15. The molecular formula is C12H13BrN2OS. The number of anilines is 2. The second kappa shape index (κ2) is 5.42. The molecule has 3 N–H and O–H groups in total. The largest absolute Gasteiger partial charge is 0.495 e. The van der Waals surface area contributed by atoms with Crippen LogP contribution in [0.15, 0.2) is 34.1 Å². The van der Waals surface area contributed by atoms with Gasteiger partial charge in [0.15, 0.2) is 0 Å². The first-order chi connectivity index (χ1) is 8.20. The molecule has 0 aliphatic heterocycles. The van der Waals surface area contributed by atoms with Gasteiger partial charge in [0.2, 0.25) is 0 Å². The first-order valence-corrected chi connectivity index (χ1v) is 6.77. The highest BCUT2D eigenvalue weighted by Crippen LogP contribution is 2.28. The van der Waals surface area contributed by atoms with Gasteiger partial charge in [-0.25, -0.2) is 0 Å². The molecule has 0 unspecified atom stereocenters. The minimum atomic E-state index is 0.730. The van der Waals surface area contributed by atoms with Gasteiger partial charge in [0.05, 0.1) is 18.1 Å². The Labute approximate surface area is 113 Å². The van der Waals surface area contributed by atoms with E-state index in [2.05, 4.69) is 21.2 Å². The summed E-state index contributed by atoms with van der Waals surface area (Å²) in [6.07, 6.45) is 0. The Morgan fingerprint density at radius 2 is 2.24 bits per heavy atom. The molecular weight excluding hydrogens is 300 g/mol. The van der Waals surface area contributed by atoms with Gasteiger partial charge in [0, 0.05) is 22.3 Å². The van der Waals surface area contributed by atoms with Gasteiger partial charge in [-0.2, -0.15) is 0 Å². The molecule has 2 aromatic rings. The first kappa shape index (κ1) is 12.3. The van der Waals surface area contributed by atoms with Crippen molar-refractivity contribution in [3.8, 4) is 5.75 Å². The maximum Gasteiger partial charge on any atom is 0.135 e. The van der Waals surface area contributed by atoms with Crippen molar-refractivity contribution in [2.75, 3.05) is 18.2 Å². The van der Waals surface area contributed by atoms with Crippen LogP contribution < -0.4 is 15.8 Å². The van der Waals surface area contributed by atoms with E-state index in [0.717, 1.165) is 33.0 Å². The van der Waals surface area contributed by atoms with Gasteiger partial charge in [0.1, 0.15) is 5.75 Å². The van der Waals surface area contributed by atoms with Gasteiger partial charge in [-0.1, -0.05) is 0 Å². The van der Waals surface area contributed by atoms with Crippen LogP contribution in [-0.2, 0) is 6.54 Å². The van der Waals surface area contributed by atoms with Crippen LogP contribution in [0, 0.1) is 0 Å². The summed E-state index contributed by atoms with van der Waals surface area (Å²) in [7, 11) is 1.65. The van der Waals surface area contributed by atoms with Gasteiger partial charge in [0.25, 0.3) is 0 Å². The zero-order chi connectivity index (χ0) is 12.3. The van der Waals surface area contributed by atoms with Crippen LogP contribution in [0.5, 0.6) is 5.75 Å². The number of thiophene rings is 1. The van der Waals surface area contributed by atoms with E-state index >= 15 is 0 Å². The quantitative estimate of drug-likeness (QED) is 0.904. The van der Waals surface area contributed by atoms with E-state index in [-0.39, 0.29) is 0 Å². The fourth-order valence-electron chi connectivity index (χ4n) is 1.45. The van der Waals surface area contributed by atoms with Crippen LogP contribution in [-0.4, -0.2) is 7.11 Å². The van der Waals surface area contributed by atoms with Crippen molar-refractivity contribution >= 4 is 38.6 Å². The lowest BCUT2D eigenvalue weighted by Gasteiger charge is -2.09. The van der Waals surface area contributed by atoms with E-state index in [1.807, 2.05) is 29.6 Å². The summed E-state index contributed by atoms with van der Waals surface area (Å²) < 4.78 is 6.18. The lowest BCUT2D eigenvalue weighted by atomic mass is 10.3. The predicted molar refractivity (Wildman–Crippen MR) is 76.8 cm³/mol. The number of hydrogen-bond acceptors (Lipinski definition) is 4. The molecule has 0 saturated carbocycles. The minimum Gasteiger partial charge on any atom is -0.495 e. The van der Waals surface area contributed by atoms with Crippen molar-refractivity contribution in [1.82, 2.24) is 0 Å². The molecule has 0 aliphatic rings. The molecule has 0 aliphatic carbocycles. The van der Waals surface area contributed by atoms with E-state index in [1.54, 1.807) is 18.4 Å². The number of rotatable bonds is 4. The van der Waals surface area contributed by atoms with Crippen LogP contribution >= 0.6 is 27.3 Å². The Hall–Kier alpha value is -1.20. The summed E-state index contributed by atoms with van der Waals surface area (Å²) in [5.74, 6) is 0.814. The molecule has 90 valence electrons. The van der Waals surface area contributed by atoms with Crippen molar-refractivity contribution in [3.63, 3.8) is 0 Å². The highest BCUT2D eigenvalue weighted by Gasteiger charge is 2.03. The molecule has 0 fully saturated rings. The van der Waals surface area contributed by atoms with Crippen molar-refractivity contribution in [1.29, 1.82) is 0 Å². The third-order valence-electron chi connectivity index (χ3n) is 2.38. The minimum absolute atomic E-state index is 0.730. The number of hydrogen-bond donors (Lipinski definition) is 2. The molecule has 1 aromatic heterocycles. The number of nitrogen functional groups attached to an aromatic ring is 1. The Bertz CT molecular complexity index is 513. The maximum atomic E-state index is 5.82. The van der Waals surface area contributed by atoms with Crippen LogP contribution in [0.2, 0.25) is 0 Å². The number of benzene rings is 1. The summed E-state index contributed by atoms with van der Waals surface area (Å²) in [6, 6.07) is 7.83. The first-order valence-electron chi connectivity index (χ1n) is 5.10. The van der Waals surface area contributed by atoms with E-state index in [9.17, 15) is 0 Å². The average molecular weight is 313 g/mol. The van der Waals surface area contributed by atoms with E-state index in [0.29, 0.717) is 0 Å². The smallest absolute Gasteiger partial charge is 0.135 e. The number of halogens is 1. The zero-order valence-corrected chi connectivity index (χ0v) is 11.8. The Morgan fingerprint density at radius 3 is 2.88 bits per heavy atom. The van der Waals surface area contributed by atoms with Crippen LogP contribution in [0.1, 0.15) is 4.88 Å². The maximum absolute atomic E-state index is 5.82. The van der Waals surface area contributed by atoms with Gasteiger partial charge in [-0.05, 0) is 39.5 Å². The highest BCUT2D eigenvalue weighted by atomic mass is 79.9. The molecule has 3 nitrogen and oxygen atoms in total. The Kier molecular flexibility index (Phi) is 3.91. The highest BCUT2D eigenvalue weighted by molar-refractivity contribution is 9.10. The van der Waals surface area contributed by atoms with Gasteiger partial charge >= 0.3 is 0 Å². The number of nitrogens with one attached hydrogen (secondary N) is 1. The van der Waals surface area contributed by atoms with Crippen molar-refractivity contribution < 1.29 is 4.74 Å². The molecule has 0 amide bonds. The standard InChI is InChI=1S/C12H13BrN2OS/c1-16-11-6-8(2-3-9(11)13)15-7-12-10(14)4-5-17-12/h2-6,15H,7,14H2,1H3. The summed E-state index contributed by atoms with van der Waals surface area (Å²) in [6.45, 7) is 0.730. The summed E-state index contributed by atoms with van der Waals surface area (Å²) in [5.41, 5.74) is 7.67. The molecule has 0 atom stereocenters. The van der Waals surface area contributed by atoms with Crippen LogP contribution in [0.4, 0.5) is 11.4 Å². The molecule has 2 rings (SSSR count). The lowest BCUT2D eigenvalue weighted by Crippen LogP contribution is -2.00. The lowest BCUT2D eigenvalue weighted by molar-refractivity contribution is 0.412. The second-order valence-corrected chi connectivity index (χ2v) is 5.36. The SMILES string of the molecule is COc1cc(NCc2sccc2N)ccc1Br. The topological polar surface area (TPSA) is 47.3 Å². The molecule has 0 radical (unpaired) electrons. The molecule has 5 heteroatoms. The molecule has 0 spiro atoms. The number of ether oxygens (including phenoxy) is 1. The molecule has 17 heavy (non-hydrogen) atoms. The summed E-state index contributed by atoms with van der Waals surface area (Å²) >= 11 is 5.08. The monoisotopic (exact) mass is 312 g/mol. The molecule has 0 bridgehead atoms. The van der Waals surface area contributed by atoms with Gasteiger partial charge in [-0.3, -0.25) is 0 Å². The second-order valence-electron chi connectivity index (χ2n) is 3.50. The van der Waals surface area contributed by atoms with Crippen molar-refractivity contribution in [2.45, 2.75) is 6.54 Å². The third-order valence-corrected chi connectivity index (χ3v) is 3.98. The van der Waals surface area contributed by atoms with E-state index in [1.165, 1.54) is 0 Å². The average Bonchev–Trinajstić information content (AvgIpc) is 2.74.